The minimum absolute atomic E-state index is 0.144. The van der Waals surface area contributed by atoms with Gasteiger partial charge in [0.2, 0.25) is 0 Å². The maximum atomic E-state index is 12.3. The second-order valence-electron chi connectivity index (χ2n) is 3.46. The minimum Gasteiger partial charge on any atom is -0.299 e. The van der Waals surface area contributed by atoms with Crippen molar-refractivity contribution in [1.82, 2.24) is 0 Å². The highest BCUT2D eigenvalue weighted by atomic mass is 19.4. The van der Waals surface area contributed by atoms with Gasteiger partial charge in [-0.15, -0.1) is 0 Å². The van der Waals surface area contributed by atoms with Crippen LogP contribution in [0.5, 0.6) is 0 Å². The highest BCUT2D eigenvalue weighted by molar-refractivity contribution is 5.82. The summed E-state index contributed by atoms with van der Waals surface area (Å²) in [6, 6.07) is 4.86. The SMILES string of the molecule is CC(=O)[C@H](C)c1cccc(C(F)(F)F)c1. The van der Waals surface area contributed by atoms with Gasteiger partial charge in [0.1, 0.15) is 5.78 Å². The summed E-state index contributed by atoms with van der Waals surface area (Å²) < 4.78 is 37.0. The molecule has 1 nitrogen and oxygen atoms in total. The Kier molecular flexibility index (Phi) is 3.17. The van der Waals surface area contributed by atoms with Gasteiger partial charge in [-0.2, -0.15) is 13.2 Å². The van der Waals surface area contributed by atoms with E-state index in [1.807, 2.05) is 0 Å². The van der Waals surface area contributed by atoms with E-state index in [4.69, 9.17) is 0 Å². The van der Waals surface area contributed by atoms with E-state index in [0.29, 0.717) is 5.56 Å². The van der Waals surface area contributed by atoms with Gasteiger partial charge < -0.3 is 0 Å². The number of halogens is 3. The van der Waals surface area contributed by atoms with Crippen LogP contribution in [0.1, 0.15) is 30.9 Å². The molecular weight excluding hydrogens is 205 g/mol. The molecule has 0 aliphatic carbocycles. The first-order valence-electron chi connectivity index (χ1n) is 4.50. The van der Waals surface area contributed by atoms with E-state index in [-0.39, 0.29) is 5.78 Å². The Morgan fingerprint density at radius 2 is 1.93 bits per heavy atom. The lowest BCUT2D eigenvalue weighted by molar-refractivity contribution is -0.137. The topological polar surface area (TPSA) is 17.1 Å². The second kappa shape index (κ2) is 4.04. The van der Waals surface area contributed by atoms with E-state index in [0.717, 1.165) is 12.1 Å². The molecule has 0 aromatic heterocycles. The first kappa shape index (κ1) is 11.8. The number of alkyl halides is 3. The monoisotopic (exact) mass is 216 g/mol. The number of ketones is 1. The van der Waals surface area contributed by atoms with Gasteiger partial charge in [-0.3, -0.25) is 4.79 Å². The van der Waals surface area contributed by atoms with Crippen LogP contribution < -0.4 is 0 Å². The maximum absolute atomic E-state index is 12.3. The summed E-state index contributed by atoms with van der Waals surface area (Å²) >= 11 is 0. The largest absolute Gasteiger partial charge is 0.416 e. The molecule has 4 heteroatoms. The van der Waals surface area contributed by atoms with Crippen molar-refractivity contribution in [2.75, 3.05) is 0 Å². The molecule has 1 atom stereocenters. The molecule has 0 fully saturated rings. The Hall–Kier alpha value is -1.32. The van der Waals surface area contributed by atoms with E-state index in [9.17, 15) is 18.0 Å². The van der Waals surface area contributed by atoms with E-state index >= 15 is 0 Å². The van der Waals surface area contributed by atoms with Gasteiger partial charge >= 0.3 is 6.18 Å². The summed E-state index contributed by atoms with van der Waals surface area (Å²) in [5.41, 5.74) is -0.314. The second-order valence-corrected chi connectivity index (χ2v) is 3.46. The molecule has 82 valence electrons. The summed E-state index contributed by atoms with van der Waals surface area (Å²) in [5, 5.41) is 0. The average Bonchev–Trinajstić information content (AvgIpc) is 2.15. The number of hydrogen-bond donors (Lipinski definition) is 0. The number of Topliss-reactive ketones (excluding diaryl/α,β-unsaturated/α-hetero) is 1. The minimum atomic E-state index is -4.35. The molecule has 0 aliphatic heterocycles. The highest BCUT2D eigenvalue weighted by Gasteiger charge is 2.30. The van der Waals surface area contributed by atoms with Gasteiger partial charge in [0.05, 0.1) is 5.56 Å². The van der Waals surface area contributed by atoms with Crippen molar-refractivity contribution in [1.29, 1.82) is 0 Å². The Bertz CT molecular complexity index is 368. The molecular formula is C11H11F3O. The molecule has 1 rings (SSSR count). The predicted octanol–water partition coefficient (Wildman–Crippen LogP) is 3.40. The zero-order valence-corrected chi connectivity index (χ0v) is 8.43. The molecule has 0 N–H and O–H groups in total. The first-order valence-corrected chi connectivity index (χ1v) is 4.50. The van der Waals surface area contributed by atoms with Crippen LogP contribution in [0.25, 0.3) is 0 Å². The Morgan fingerprint density at radius 3 is 2.40 bits per heavy atom. The predicted molar refractivity (Wildman–Crippen MR) is 50.5 cm³/mol. The Labute approximate surface area is 85.9 Å². The van der Waals surface area contributed by atoms with Crippen LogP contribution in [-0.2, 0) is 11.0 Å². The van der Waals surface area contributed by atoms with Crippen LogP contribution in [0.15, 0.2) is 24.3 Å². The van der Waals surface area contributed by atoms with Crippen LogP contribution in [0.2, 0.25) is 0 Å². The van der Waals surface area contributed by atoms with Gasteiger partial charge in [0, 0.05) is 5.92 Å². The number of hydrogen-bond acceptors (Lipinski definition) is 1. The summed E-state index contributed by atoms with van der Waals surface area (Å²) in [4.78, 5) is 11.0. The number of carbonyl (C=O) groups excluding carboxylic acids is 1. The van der Waals surface area contributed by atoms with Crippen molar-refractivity contribution < 1.29 is 18.0 Å². The fraction of sp³-hybridized carbons (Fsp3) is 0.364. The fourth-order valence-electron chi connectivity index (χ4n) is 1.22. The zero-order chi connectivity index (χ0) is 11.6. The summed E-state index contributed by atoms with van der Waals surface area (Å²) in [5.74, 6) is -0.637. The molecule has 0 spiro atoms. The molecule has 0 amide bonds. The van der Waals surface area contributed by atoms with Crippen LogP contribution in [0.4, 0.5) is 13.2 Å². The van der Waals surface area contributed by atoms with Crippen LogP contribution in [0.3, 0.4) is 0 Å². The van der Waals surface area contributed by atoms with Crippen molar-refractivity contribution in [3.63, 3.8) is 0 Å². The lowest BCUT2D eigenvalue weighted by Gasteiger charge is -2.11. The highest BCUT2D eigenvalue weighted by Crippen LogP contribution is 2.31. The molecule has 15 heavy (non-hydrogen) atoms. The number of benzene rings is 1. The number of rotatable bonds is 2. The molecule has 0 saturated heterocycles. The molecule has 0 radical (unpaired) electrons. The number of carbonyl (C=O) groups is 1. The average molecular weight is 216 g/mol. The first-order chi connectivity index (χ1) is 6.82. The van der Waals surface area contributed by atoms with Crippen LogP contribution in [-0.4, -0.2) is 5.78 Å². The molecule has 0 saturated carbocycles. The van der Waals surface area contributed by atoms with Crippen LogP contribution >= 0.6 is 0 Å². The standard InChI is InChI=1S/C11H11F3O/c1-7(8(2)15)9-4-3-5-10(6-9)11(12,13)14/h3-7H,1-2H3/t7-/m0/s1. The lowest BCUT2D eigenvalue weighted by atomic mass is 9.96. The lowest BCUT2D eigenvalue weighted by Crippen LogP contribution is -2.08. The third-order valence-corrected chi connectivity index (χ3v) is 2.32. The van der Waals surface area contributed by atoms with Crippen molar-refractivity contribution >= 4 is 5.78 Å². The molecule has 1 aromatic rings. The molecule has 1 aromatic carbocycles. The van der Waals surface area contributed by atoms with Gasteiger partial charge in [-0.05, 0) is 18.6 Å². The van der Waals surface area contributed by atoms with Gasteiger partial charge in [0.15, 0.2) is 0 Å². The van der Waals surface area contributed by atoms with Crippen molar-refractivity contribution in [2.45, 2.75) is 25.9 Å². The molecule has 0 unspecified atom stereocenters. The van der Waals surface area contributed by atoms with E-state index in [2.05, 4.69) is 0 Å². The van der Waals surface area contributed by atoms with Gasteiger partial charge in [-0.1, -0.05) is 25.1 Å². The summed E-state index contributed by atoms with van der Waals surface area (Å²) in [6.07, 6.45) is -4.35. The molecule has 0 bridgehead atoms. The Balaban J connectivity index is 3.08. The maximum Gasteiger partial charge on any atom is 0.416 e. The van der Waals surface area contributed by atoms with Gasteiger partial charge in [-0.25, -0.2) is 0 Å². The van der Waals surface area contributed by atoms with Gasteiger partial charge in [0.25, 0.3) is 0 Å². The fourth-order valence-corrected chi connectivity index (χ4v) is 1.22. The molecule has 0 heterocycles. The molecule has 0 aliphatic rings. The zero-order valence-electron chi connectivity index (χ0n) is 8.43. The van der Waals surface area contributed by atoms with Crippen molar-refractivity contribution in [3.05, 3.63) is 35.4 Å². The third-order valence-electron chi connectivity index (χ3n) is 2.32. The normalized spacial score (nSPS) is 13.7. The van der Waals surface area contributed by atoms with Crippen LogP contribution in [0, 0.1) is 0 Å². The van der Waals surface area contributed by atoms with Crippen molar-refractivity contribution in [2.24, 2.45) is 0 Å². The van der Waals surface area contributed by atoms with Crippen molar-refractivity contribution in [3.8, 4) is 0 Å². The third kappa shape index (κ3) is 2.81. The van der Waals surface area contributed by atoms with E-state index in [1.165, 1.54) is 19.1 Å². The van der Waals surface area contributed by atoms with E-state index < -0.39 is 17.7 Å². The smallest absolute Gasteiger partial charge is 0.299 e. The summed E-state index contributed by atoms with van der Waals surface area (Å²) in [6.45, 7) is 2.96. The summed E-state index contributed by atoms with van der Waals surface area (Å²) in [7, 11) is 0. The Morgan fingerprint density at radius 1 is 1.33 bits per heavy atom. The van der Waals surface area contributed by atoms with E-state index in [1.54, 1.807) is 6.92 Å². The quantitative estimate of drug-likeness (QED) is 0.740.